The topological polar surface area (TPSA) is 84.6 Å². The molecule has 0 saturated heterocycles. The third-order valence-electron chi connectivity index (χ3n) is 3.22. The highest BCUT2D eigenvalue weighted by Gasteiger charge is 2.27. The van der Waals surface area contributed by atoms with Crippen molar-refractivity contribution in [2.75, 3.05) is 13.7 Å². The number of nitrogens with one attached hydrogen (secondary N) is 2. The summed E-state index contributed by atoms with van der Waals surface area (Å²) in [5, 5.41) is 9.85. The monoisotopic (exact) mass is 371 g/mol. The van der Waals surface area contributed by atoms with E-state index in [-0.39, 0.29) is 6.61 Å². The van der Waals surface area contributed by atoms with Crippen LogP contribution in [0.4, 0.5) is 13.2 Å². The van der Waals surface area contributed by atoms with Gasteiger partial charge in [0.05, 0.1) is 13.2 Å². The van der Waals surface area contributed by atoms with Crippen LogP contribution in [0.25, 0.3) is 0 Å². The van der Waals surface area contributed by atoms with E-state index in [0.29, 0.717) is 36.3 Å². The number of guanidine groups is 1. The van der Waals surface area contributed by atoms with Crippen molar-refractivity contribution in [2.45, 2.75) is 32.8 Å². The van der Waals surface area contributed by atoms with Crippen LogP contribution in [0.5, 0.6) is 0 Å². The molecule has 0 unspecified atom stereocenters. The summed E-state index contributed by atoms with van der Waals surface area (Å²) in [6.45, 7) is 1.23. The normalized spacial score (nSPS) is 12.3. The van der Waals surface area contributed by atoms with Gasteiger partial charge in [0.2, 0.25) is 5.89 Å². The highest BCUT2D eigenvalue weighted by Crippen LogP contribution is 2.15. The molecule has 0 aliphatic heterocycles. The summed E-state index contributed by atoms with van der Waals surface area (Å²) in [5.41, 5.74) is 1.62. The number of hydrogen-bond acceptors (Lipinski definition) is 5. The van der Waals surface area contributed by atoms with Gasteiger partial charge in [-0.25, -0.2) is 0 Å². The molecule has 142 valence electrons. The van der Waals surface area contributed by atoms with E-state index < -0.39 is 12.8 Å². The summed E-state index contributed by atoms with van der Waals surface area (Å²) < 4.78 is 45.7. The van der Waals surface area contributed by atoms with Crippen molar-refractivity contribution in [3.05, 3.63) is 47.1 Å². The van der Waals surface area contributed by atoms with Crippen LogP contribution < -0.4 is 10.6 Å². The van der Waals surface area contributed by atoms with Crippen LogP contribution in [0.3, 0.4) is 0 Å². The average Bonchev–Trinajstić information content (AvgIpc) is 3.00. The minimum Gasteiger partial charge on any atom is -0.367 e. The van der Waals surface area contributed by atoms with E-state index in [1.807, 2.05) is 12.1 Å². The summed E-state index contributed by atoms with van der Waals surface area (Å²) in [6.07, 6.45) is -4.31. The smallest absolute Gasteiger partial charge is 0.367 e. The average molecular weight is 371 g/mol. The van der Waals surface area contributed by atoms with Gasteiger partial charge in [-0.15, -0.1) is 0 Å². The van der Waals surface area contributed by atoms with Crippen LogP contribution in [0, 0.1) is 6.92 Å². The molecule has 2 N–H and O–H groups in total. The third-order valence-corrected chi connectivity index (χ3v) is 3.22. The zero-order valence-electron chi connectivity index (χ0n) is 14.4. The third kappa shape index (κ3) is 7.09. The van der Waals surface area contributed by atoms with Gasteiger partial charge in [-0.1, -0.05) is 29.4 Å². The molecule has 2 rings (SSSR count). The molecule has 0 aliphatic carbocycles. The molecular formula is C16H20F3N5O2. The summed E-state index contributed by atoms with van der Waals surface area (Å²) in [6, 6.07) is 7.08. The quantitative estimate of drug-likeness (QED) is 0.574. The van der Waals surface area contributed by atoms with Gasteiger partial charge in [0, 0.05) is 13.6 Å². The van der Waals surface area contributed by atoms with Gasteiger partial charge in [0.1, 0.15) is 6.61 Å². The van der Waals surface area contributed by atoms with E-state index in [1.54, 1.807) is 26.1 Å². The lowest BCUT2D eigenvalue weighted by Crippen LogP contribution is -2.36. The number of ether oxygens (including phenoxy) is 1. The number of halogens is 3. The lowest BCUT2D eigenvalue weighted by Gasteiger charge is -2.11. The van der Waals surface area contributed by atoms with Crippen LogP contribution in [0.15, 0.2) is 33.8 Å². The maximum Gasteiger partial charge on any atom is 0.411 e. The lowest BCUT2D eigenvalue weighted by molar-refractivity contribution is -0.176. The van der Waals surface area contributed by atoms with Gasteiger partial charge in [-0.2, -0.15) is 18.2 Å². The predicted molar refractivity (Wildman–Crippen MR) is 88.2 cm³/mol. The van der Waals surface area contributed by atoms with Gasteiger partial charge in [-0.3, -0.25) is 4.99 Å². The van der Waals surface area contributed by atoms with Crippen LogP contribution in [0.1, 0.15) is 22.8 Å². The van der Waals surface area contributed by atoms with Gasteiger partial charge in [0.15, 0.2) is 11.8 Å². The van der Waals surface area contributed by atoms with Crippen molar-refractivity contribution in [3.63, 3.8) is 0 Å². The zero-order valence-corrected chi connectivity index (χ0v) is 14.4. The van der Waals surface area contributed by atoms with E-state index in [9.17, 15) is 13.2 Å². The number of aromatic nitrogens is 2. The first-order chi connectivity index (χ1) is 12.4. The molecule has 1 aromatic heterocycles. The first-order valence-electron chi connectivity index (χ1n) is 7.82. The fourth-order valence-electron chi connectivity index (χ4n) is 2.02. The van der Waals surface area contributed by atoms with E-state index in [2.05, 4.69) is 30.5 Å². The maximum absolute atomic E-state index is 12.0. The summed E-state index contributed by atoms with van der Waals surface area (Å²) in [4.78, 5) is 8.16. The van der Waals surface area contributed by atoms with E-state index in [1.165, 1.54) is 0 Å². The number of aryl methyl sites for hydroxylation is 1. The Labute approximate surface area is 148 Å². The molecule has 0 atom stereocenters. The molecule has 0 bridgehead atoms. The second-order valence-electron chi connectivity index (χ2n) is 5.44. The van der Waals surface area contributed by atoms with E-state index >= 15 is 0 Å². The molecule has 2 aromatic rings. The Kier molecular flexibility index (Phi) is 6.96. The van der Waals surface area contributed by atoms with E-state index in [0.717, 1.165) is 5.56 Å². The minimum atomic E-state index is -4.31. The molecular weight excluding hydrogens is 351 g/mol. The van der Waals surface area contributed by atoms with Crippen molar-refractivity contribution in [1.29, 1.82) is 0 Å². The number of benzene rings is 1. The fraction of sp³-hybridized carbons (Fsp3) is 0.438. The van der Waals surface area contributed by atoms with Gasteiger partial charge in [-0.05, 0) is 18.1 Å². The van der Waals surface area contributed by atoms with Gasteiger partial charge >= 0.3 is 6.18 Å². The number of rotatable bonds is 7. The molecule has 10 heteroatoms. The minimum absolute atomic E-state index is 0.0833. The lowest BCUT2D eigenvalue weighted by atomic mass is 10.1. The van der Waals surface area contributed by atoms with Crippen molar-refractivity contribution in [3.8, 4) is 0 Å². The highest BCUT2D eigenvalue weighted by molar-refractivity contribution is 5.79. The number of aliphatic imine (C=N–C) groups is 1. The maximum atomic E-state index is 12.0. The van der Waals surface area contributed by atoms with Crippen LogP contribution in [-0.4, -0.2) is 35.9 Å². The molecule has 26 heavy (non-hydrogen) atoms. The Balaban J connectivity index is 1.75. The molecule has 0 radical (unpaired) electrons. The second-order valence-corrected chi connectivity index (χ2v) is 5.44. The van der Waals surface area contributed by atoms with Crippen molar-refractivity contribution < 1.29 is 22.4 Å². The number of alkyl halides is 3. The predicted octanol–water partition coefficient (Wildman–Crippen LogP) is 2.32. The SMILES string of the molecule is CN=C(NCc1ccc(COCC(F)(F)F)cc1)NCc1nc(C)no1. The van der Waals surface area contributed by atoms with Crippen molar-refractivity contribution >= 4 is 5.96 Å². The Bertz CT molecular complexity index is 713. The molecule has 1 aromatic carbocycles. The zero-order chi connectivity index (χ0) is 19.0. The van der Waals surface area contributed by atoms with Gasteiger partial charge < -0.3 is 19.9 Å². The summed E-state index contributed by atoms with van der Waals surface area (Å²) in [7, 11) is 1.63. The van der Waals surface area contributed by atoms with Crippen LogP contribution in [-0.2, 0) is 24.4 Å². The first-order valence-corrected chi connectivity index (χ1v) is 7.82. The highest BCUT2D eigenvalue weighted by atomic mass is 19.4. The van der Waals surface area contributed by atoms with Crippen LogP contribution in [0.2, 0.25) is 0 Å². The molecule has 7 nitrogen and oxygen atoms in total. The number of hydrogen-bond donors (Lipinski definition) is 2. The Morgan fingerprint density at radius 1 is 1.15 bits per heavy atom. The Hall–Kier alpha value is -2.62. The Morgan fingerprint density at radius 2 is 1.81 bits per heavy atom. The van der Waals surface area contributed by atoms with Crippen LogP contribution >= 0.6 is 0 Å². The molecule has 0 fully saturated rings. The number of nitrogens with zero attached hydrogens (tertiary/aromatic N) is 3. The summed E-state index contributed by atoms with van der Waals surface area (Å²) in [5.74, 6) is 1.57. The van der Waals surface area contributed by atoms with Crippen molar-refractivity contribution in [2.24, 2.45) is 4.99 Å². The van der Waals surface area contributed by atoms with Gasteiger partial charge in [0.25, 0.3) is 0 Å². The molecule has 0 aliphatic rings. The molecule has 1 heterocycles. The van der Waals surface area contributed by atoms with E-state index in [4.69, 9.17) is 4.52 Å². The largest absolute Gasteiger partial charge is 0.411 e. The molecule has 0 spiro atoms. The summed E-state index contributed by atoms with van der Waals surface area (Å²) >= 11 is 0. The Morgan fingerprint density at radius 3 is 2.38 bits per heavy atom. The standard InChI is InChI=1S/C16H20F3N5O2/c1-11-23-14(26-24-11)8-22-15(20-2)21-7-12-3-5-13(6-4-12)9-25-10-16(17,18)19/h3-6H,7-10H2,1-2H3,(H2,20,21,22). The molecule has 0 amide bonds. The second kappa shape index (κ2) is 9.18. The van der Waals surface area contributed by atoms with Crippen molar-refractivity contribution in [1.82, 2.24) is 20.8 Å². The first kappa shape index (κ1) is 19.7. The fourth-order valence-corrected chi connectivity index (χ4v) is 2.02. The molecule has 0 saturated carbocycles.